The number of benzene rings is 2. The molecule has 10 heteroatoms. The van der Waals surface area contributed by atoms with Crippen LogP contribution in [0.15, 0.2) is 56.7 Å². The van der Waals surface area contributed by atoms with Gasteiger partial charge < -0.3 is 14.2 Å². The molecule has 1 heterocycles. The number of ether oxygens (including phenoxy) is 1. The maximum absolute atomic E-state index is 12.4. The van der Waals surface area contributed by atoms with E-state index in [2.05, 4.69) is 21.2 Å². The maximum atomic E-state index is 12.4. The molecule has 140 valence electrons. The summed E-state index contributed by atoms with van der Waals surface area (Å²) < 4.78 is 35.9. The zero-order chi connectivity index (χ0) is 19.6. The number of amides is 1. The third-order valence-corrected chi connectivity index (χ3v) is 6.47. The SMILES string of the molecule is COc1ccc(S(=O)(=O)Oc2ccc(/C=C3\SC(=S)NC3=O)cc2Br)cc1. The predicted molar refractivity (Wildman–Crippen MR) is 111 cm³/mol. The number of methoxy groups -OCH3 is 1. The summed E-state index contributed by atoms with van der Waals surface area (Å²) in [6.07, 6.45) is 1.66. The molecule has 1 aliphatic rings. The molecule has 1 aliphatic heterocycles. The Morgan fingerprint density at radius 3 is 2.44 bits per heavy atom. The third-order valence-electron chi connectivity index (χ3n) is 3.44. The molecule has 0 radical (unpaired) electrons. The number of hydrogen-bond acceptors (Lipinski definition) is 7. The van der Waals surface area contributed by atoms with Crippen LogP contribution >= 0.6 is 39.9 Å². The van der Waals surface area contributed by atoms with E-state index in [1.807, 2.05) is 0 Å². The van der Waals surface area contributed by atoms with Gasteiger partial charge in [-0.3, -0.25) is 4.79 Å². The van der Waals surface area contributed by atoms with Crippen molar-refractivity contribution in [2.45, 2.75) is 4.90 Å². The van der Waals surface area contributed by atoms with E-state index in [4.69, 9.17) is 21.1 Å². The second kappa shape index (κ2) is 8.01. The van der Waals surface area contributed by atoms with Gasteiger partial charge in [-0.15, -0.1) is 0 Å². The monoisotopic (exact) mass is 485 g/mol. The molecular weight excluding hydrogens is 474 g/mol. The first-order chi connectivity index (χ1) is 12.8. The fourth-order valence-corrected chi connectivity index (χ4v) is 4.73. The summed E-state index contributed by atoms with van der Waals surface area (Å²) in [6.45, 7) is 0. The minimum absolute atomic E-state index is 0.00827. The van der Waals surface area contributed by atoms with Gasteiger partial charge in [0.15, 0.2) is 5.75 Å². The smallest absolute Gasteiger partial charge is 0.339 e. The largest absolute Gasteiger partial charge is 0.497 e. The maximum Gasteiger partial charge on any atom is 0.339 e. The van der Waals surface area contributed by atoms with Crippen LogP contribution in [-0.4, -0.2) is 25.8 Å². The zero-order valence-corrected chi connectivity index (χ0v) is 17.8. The van der Waals surface area contributed by atoms with Crippen molar-refractivity contribution in [3.05, 3.63) is 57.4 Å². The molecular formula is C17H12BrNO5S3. The van der Waals surface area contributed by atoms with Gasteiger partial charge in [0, 0.05) is 0 Å². The molecule has 0 bridgehead atoms. The highest BCUT2D eigenvalue weighted by molar-refractivity contribution is 9.10. The van der Waals surface area contributed by atoms with Gasteiger partial charge in [0.25, 0.3) is 5.91 Å². The number of halogens is 1. The van der Waals surface area contributed by atoms with Crippen LogP contribution in [-0.2, 0) is 14.9 Å². The molecule has 2 aromatic rings. The van der Waals surface area contributed by atoms with Crippen LogP contribution in [0.4, 0.5) is 0 Å². The Bertz CT molecular complexity index is 1050. The van der Waals surface area contributed by atoms with Gasteiger partial charge in [-0.1, -0.05) is 30.0 Å². The molecule has 0 saturated carbocycles. The van der Waals surface area contributed by atoms with Crippen LogP contribution < -0.4 is 14.2 Å². The standard InChI is InChI=1S/C17H12BrNO5S3/c1-23-11-3-5-12(6-4-11)27(21,22)24-14-7-2-10(8-13(14)18)9-15-16(20)19-17(25)26-15/h2-9H,1H3,(H,19,20,25)/b15-9-. The first kappa shape index (κ1) is 19.9. The molecule has 1 amide bonds. The summed E-state index contributed by atoms with van der Waals surface area (Å²) in [5.74, 6) is 0.413. The Morgan fingerprint density at radius 1 is 1.19 bits per heavy atom. The van der Waals surface area contributed by atoms with Crippen molar-refractivity contribution in [3.63, 3.8) is 0 Å². The Labute approximate surface area is 174 Å². The fraction of sp³-hybridized carbons (Fsp3) is 0.0588. The Hall–Kier alpha value is -1.88. The molecule has 0 aliphatic carbocycles. The molecule has 0 unspecified atom stereocenters. The van der Waals surface area contributed by atoms with Gasteiger partial charge in [-0.2, -0.15) is 8.42 Å². The number of carbonyl (C=O) groups is 1. The van der Waals surface area contributed by atoms with E-state index < -0.39 is 10.1 Å². The Morgan fingerprint density at radius 2 is 1.89 bits per heavy atom. The van der Waals surface area contributed by atoms with Crippen molar-refractivity contribution >= 4 is 66.3 Å². The Kier molecular flexibility index (Phi) is 5.89. The second-order valence-electron chi connectivity index (χ2n) is 5.26. The number of nitrogens with one attached hydrogen (secondary N) is 1. The van der Waals surface area contributed by atoms with E-state index in [1.165, 1.54) is 49.2 Å². The average Bonchev–Trinajstić information content (AvgIpc) is 2.94. The van der Waals surface area contributed by atoms with Gasteiger partial charge in [0.1, 0.15) is 15.0 Å². The zero-order valence-electron chi connectivity index (χ0n) is 13.8. The Balaban J connectivity index is 1.82. The number of thiocarbonyl (C=S) groups is 1. The summed E-state index contributed by atoms with van der Waals surface area (Å²) in [5, 5.41) is 2.53. The highest BCUT2D eigenvalue weighted by atomic mass is 79.9. The lowest BCUT2D eigenvalue weighted by atomic mass is 10.2. The van der Waals surface area contributed by atoms with Crippen molar-refractivity contribution in [2.24, 2.45) is 0 Å². The van der Waals surface area contributed by atoms with E-state index in [-0.39, 0.29) is 16.6 Å². The van der Waals surface area contributed by atoms with Gasteiger partial charge in [0.05, 0.1) is 16.5 Å². The van der Waals surface area contributed by atoms with E-state index >= 15 is 0 Å². The van der Waals surface area contributed by atoms with Crippen LogP contribution in [0, 0.1) is 0 Å². The molecule has 1 N–H and O–H groups in total. The number of thioether (sulfide) groups is 1. The van der Waals surface area contributed by atoms with Crippen molar-refractivity contribution in [3.8, 4) is 11.5 Å². The fourth-order valence-electron chi connectivity index (χ4n) is 2.16. The summed E-state index contributed by atoms with van der Waals surface area (Å²) in [7, 11) is -2.50. The van der Waals surface area contributed by atoms with Crippen LogP contribution in [0.25, 0.3) is 6.08 Å². The van der Waals surface area contributed by atoms with Crippen molar-refractivity contribution < 1.29 is 22.1 Å². The number of carbonyl (C=O) groups excluding carboxylic acids is 1. The highest BCUT2D eigenvalue weighted by Crippen LogP contribution is 2.32. The van der Waals surface area contributed by atoms with Crippen molar-refractivity contribution in [1.82, 2.24) is 5.32 Å². The molecule has 0 aromatic heterocycles. The normalized spacial score (nSPS) is 15.7. The predicted octanol–water partition coefficient (Wildman–Crippen LogP) is 3.71. The van der Waals surface area contributed by atoms with Crippen LogP contribution in [0.5, 0.6) is 11.5 Å². The molecule has 0 spiro atoms. The molecule has 1 fully saturated rings. The molecule has 3 rings (SSSR count). The summed E-state index contributed by atoms with van der Waals surface area (Å²) >= 11 is 9.41. The first-order valence-electron chi connectivity index (χ1n) is 7.41. The summed E-state index contributed by atoms with van der Waals surface area (Å²) in [4.78, 5) is 12.2. The van der Waals surface area contributed by atoms with Gasteiger partial charge in [-0.25, -0.2) is 0 Å². The second-order valence-corrected chi connectivity index (χ2v) is 9.37. The lowest BCUT2D eigenvalue weighted by Crippen LogP contribution is -2.17. The topological polar surface area (TPSA) is 81.7 Å². The third kappa shape index (κ3) is 4.70. The van der Waals surface area contributed by atoms with Crippen LogP contribution in [0.2, 0.25) is 0 Å². The van der Waals surface area contributed by atoms with Gasteiger partial charge in [-0.05, 0) is 64.0 Å². The molecule has 2 aromatic carbocycles. The highest BCUT2D eigenvalue weighted by Gasteiger charge is 2.22. The minimum Gasteiger partial charge on any atom is -0.497 e. The lowest BCUT2D eigenvalue weighted by Gasteiger charge is -2.10. The van der Waals surface area contributed by atoms with Gasteiger partial charge >= 0.3 is 10.1 Å². The van der Waals surface area contributed by atoms with Crippen molar-refractivity contribution in [1.29, 1.82) is 0 Å². The number of rotatable bonds is 5. The van der Waals surface area contributed by atoms with E-state index in [0.29, 0.717) is 25.0 Å². The quantitative estimate of drug-likeness (QED) is 0.392. The van der Waals surface area contributed by atoms with E-state index in [1.54, 1.807) is 18.2 Å². The van der Waals surface area contributed by atoms with Crippen LogP contribution in [0.1, 0.15) is 5.56 Å². The van der Waals surface area contributed by atoms with Gasteiger partial charge in [0.2, 0.25) is 0 Å². The number of hydrogen-bond donors (Lipinski definition) is 1. The minimum atomic E-state index is -4.00. The van der Waals surface area contributed by atoms with E-state index in [9.17, 15) is 13.2 Å². The van der Waals surface area contributed by atoms with Crippen LogP contribution in [0.3, 0.4) is 0 Å². The molecule has 6 nitrogen and oxygen atoms in total. The summed E-state index contributed by atoms with van der Waals surface area (Å²) in [6, 6.07) is 10.7. The van der Waals surface area contributed by atoms with Crippen molar-refractivity contribution in [2.75, 3.05) is 7.11 Å². The molecule has 27 heavy (non-hydrogen) atoms. The lowest BCUT2D eigenvalue weighted by molar-refractivity contribution is -0.115. The first-order valence-corrected chi connectivity index (χ1v) is 10.8. The molecule has 1 saturated heterocycles. The molecule has 0 atom stereocenters. The average molecular weight is 486 g/mol. The summed E-state index contributed by atoms with van der Waals surface area (Å²) in [5.41, 5.74) is 0.693. The van der Waals surface area contributed by atoms with E-state index in [0.717, 1.165) is 0 Å².